The zero-order valence-corrected chi connectivity index (χ0v) is 12.8. The average molecular weight is 327 g/mol. The molecule has 104 valence electrons. The smallest absolute Gasteiger partial charge is 0.169 e. The van der Waals surface area contributed by atoms with Crippen LogP contribution in [0.15, 0.2) is 33.5 Å². The molecule has 0 aliphatic heterocycles. The van der Waals surface area contributed by atoms with Gasteiger partial charge in [0.05, 0.1) is 11.7 Å². The van der Waals surface area contributed by atoms with Gasteiger partial charge in [0.15, 0.2) is 4.67 Å². The summed E-state index contributed by atoms with van der Waals surface area (Å²) in [6, 6.07) is 5.94. The minimum atomic E-state index is -0.656. The molecule has 0 saturated carbocycles. The molecule has 19 heavy (non-hydrogen) atoms. The van der Waals surface area contributed by atoms with Gasteiger partial charge in [-0.15, -0.1) is 0 Å². The molecule has 2 aromatic rings. The van der Waals surface area contributed by atoms with Gasteiger partial charge in [0.25, 0.3) is 0 Å². The van der Waals surface area contributed by atoms with Crippen molar-refractivity contribution in [1.82, 2.24) is 9.78 Å². The summed E-state index contributed by atoms with van der Waals surface area (Å²) < 4.78 is 7.96. The maximum Gasteiger partial charge on any atom is 0.169 e. The fraction of sp³-hybridized carbons (Fsp3) is 0.500. The normalized spacial score (nSPS) is 13.1. The molecule has 5 heteroatoms. The van der Waals surface area contributed by atoms with E-state index in [1.807, 2.05) is 16.9 Å². The Bertz CT molecular complexity index is 517. The Hall–Kier alpha value is -1.07. The van der Waals surface area contributed by atoms with Crippen LogP contribution in [0.25, 0.3) is 0 Å². The monoisotopic (exact) mass is 326 g/mol. The van der Waals surface area contributed by atoms with Gasteiger partial charge in [0, 0.05) is 12.6 Å². The zero-order chi connectivity index (χ0) is 13.8. The first-order chi connectivity index (χ1) is 9.13. The predicted octanol–water partition coefficient (Wildman–Crippen LogP) is 3.88. The van der Waals surface area contributed by atoms with Crippen LogP contribution in [0.5, 0.6) is 0 Å². The minimum absolute atomic E-state index is 0.434. The highest BCUT2D eigenvalue weighted by Crippen LogP contribution is 2.23. The standard InChI is InChI=1S/C14H19BrN2O2/c1-3-11(4-2)17-8-7-10(16-17)9-12(18)13-5-6-14(15)19-13/h5-8,11-12,18H,3-4,9H2,1-2H3. The van der Waals surface area contributed by atoms with E-state index >= 15 is 0 Å². The van der Waals surface area contributed by atoms with Gasteiger partial charge in [-0.25, -0.2) is 0 Å². The van der Waals surface area contributed by atoms with Crippen LogP contribution in [-0.4, -0.2) is 14.9 Å². The second kappa shape index (κ2) is 6.39. The average Bonchev–Trinajstić information content (AvgIpc) is 3.00. The molecule has 0 aliphatic rings. The molecule has 2 heterocycles. The molecule has 1 atom stereocenters. The molecular formula is C14H19BrN2O2. The highest BCUT2D eigenvalue weighted by molar-refractivity contribution is 9.10. The predicted molar refractivity (Wildman–Crippen MR) is 76.9 cm³/mol. The summed E-state index contributed by atoms with van der Waals surface area (Å²) in [5, 5.41) is 14.6. The van der Waals surface area contributed by atoms with Crippen LogP contribution >= 0.6 is 15.9 Å². The number of aliphatic hydroxyl groups is 1. The molecular weight excluding hydrogens is 308 g/mol. The Balaban J connectivity index is 2.03. The highest BCUT2D eigenvalue weighted by atomic mass is 79.9. The molecule has 0 amide bonds. The summed E-state index contributed by atoms with van der Waals surface area (Å²) in [5.41, 5.74) is 0.881. The summed E-state index contributed by atoms with van der Waals surface area (Å²) >= 11 is 3.23. The molecule has 0 radical (unpaired) electrons. The summed E-state index contributed by atoms with van der Waals surface area (Å²) in [4.78, 5) is 0. The third-order valence-electron chi connectivity index (χ3n) is 3.31. The first-order valence-electron chi connectivity index (χ1n) is 6.61. The van der Waals surface area contributed by atoms with Crippen LogP contribution in [0.2, 0.25) is 0 Å². The number of halogens is 1. The number of furan rings is 1. The first-order valence-corrected chi connectivity index (χ1v) is 7.40. The van der Waals surface area contributed by atoms with E-state index in [2.05, 4.69) is 34.9 Å². The van der Waals surface area contributed by atoms with E-state index < -0.39 is 6.10 Å². The Morgan fingerprint density at radius 2 is 2.05 bits per heavy atom. The van der Waals surface area contributed by atoms with Gasteiger partial charge in [-0.2, -0.15) is 5.10 Å². The van der Waals surface area contributed by atoms with Crippen molar-refractivity contribution in [3.63, 3.8) is 0 Å². The van der Waals surface area contributed by atoms with Crippen LogP contribution in [0, 0.1) is 0 Å². The van der Waals surface area contributed by atoms with Crippen molar-refractivity contribution in [2.24, 2.45) is 0 Å². The van der Waals surface area contributed by atoms with Crippen LogP contribution < -0.4 is 0 Å². The Morgan fingerprint density at radius 1 is 1.32 bits per heavy atom. The van der Waals surface area contributed by atoms with Crippen LogP contribution in [0.1, 0.15) is 50.3 Å². The maximum absolute atomic E-state index is 10.1. The Morgan fingerprint density at radius 3 is 2.63 bits per heavy atom. The molecule has 2 rings (SSSR count). The topological polar surface area (TPSA) is 51.2 Å². The van der Waals surface area contributed by atoms with Crippen molar-refractivity contribution in [2.75, 3.05) is 0 Å². The van der Waals surface area contributed by atoms with E-state index in [0.29, 0.717) is 22.9 Å². The second-order valence-electron chi connectivity index (χ2n) is 4.62. The van der Waals surface area contributed by atoms with Crippen LogP contribution in [-0.2, 0) is 6.42 Å². The van der Waals surface area contributed by atoms with Gasteiger partial charge in [-0.05, 0) is 47.0 Å². The fourth-order valence-corrected chi connectivity index (χ4v) is 2.48. The molecule has 0 aromatic carbocycles. The number of nitrogens with zero attached hydrogens (tertiary/aromatic N) is 2. The molecule has 0 aliphatic carbocycles. The summed E-state index contributed by atoms with van der Waals surface area (Å²) in [5.74, 6) is 0.559. The van der Waals surface area contributed by atoms with E-state index in [0.717, 1.165) is 18.5 Å². The summed E-state index contributed by atoms with van der Waals surface area (Å²) in [6.07, 6.45) is 3.91. The van der Waals surface area contributed by atoms with Crippen molar-refractivity contribution in [3.05, 3.63) is 40.5 Å². The molecule has 0 spiro atoms. The minimum Gasteiger partial charge on any atom is -0.452 e. The van der Waals surface area contributed by atoms with Crippen molar-refractivity contribution in [3.8, 4) is 0 Å². The van der Waals surface area contributed by atoms with Crippen LogP contribution in [0.4, 0.5) is 0 Å². The maximum atomic E-state index is 10.1. The molecule has 1 N–H and O–H groups in total. The molecule has 4 nitrogen and oxygen atoms in total. The van der Waals surface area contributed by atoms with Gasteiger partial charge in [-0.1, -0.05) is 13.8 Å². The lowest BCUT2D eigenvalue weighted by Crippen LogP contribution is -2.09. The SMILES string of the molecule is CCC(CC)n1ccc(CC(O)c2ccc(Br)o2)n1. The van der Waals surface area contributed by atoms with Crippen LogP contribution in [0.3, 0.4) is 0 Å². The number of hydrogen-bond donors (Lipinski definition) is 1. The van der Waals surface area contributed by atoms with Gasteiger partial charge in [0.1, 0.15) is 11.9 Å². The van der Waals surface area contributed by atoms with E-state index in [9.17, 15) is 5.11 Å². The zero-order valence-electron chi connectivity index (χ0n) is 11.2. The number of aliphatic hydroxyl groups excluding tert-OH is 1. The Kier molecular flexibility index (Phi) is 4.82. The van der Waals surface area contributed by atoms with Crippen molar-refractivity contribution in [1.29, 1.82) is 0 Å². The highest BCUT2D eigenvalue weighted by Gasteiger charge is 2.15. The summed E-state index contributed by atoms with van der Waals surface area (Å²) in [6.45, 7) is 4.31. The quantitative estimate of drug-likeness (QED) is 0.876. The van der Waals surface area contributed by atoms with Crippen molar-refractivity contribution >= 4 is 15.9 Å². The Labute approximate surface area is 121 Å². The number of hydrogen-bond acceptors (Lipinski definition) is 3. The molecule has 1 unspecified atom stereocenters. The summed E-state index contributed by atoms with van der Waals surface area (Å²) in [7, 11) is 0. The number of rotatable bonds is 6. The first kappa shape index (κ1) is 14.3. The van der Waals surface area contributed by atoms with Gasteiger partial charge >= 0.3 is 0 Å². The molecule has 0 saturated heterocycles. The van der Waals surface area contributed by atoms with Gasteiger partial charge < -0.3 is 9.52 Å². The third-order valence-corrected chi connectivity index (χ3v) is 3.73. The molecule has 2 aromatic heterocycles. The second-order valence-corrected chi connectivity index (χ2v) is 5.40. The molecule has 0 bridgehead atoms. The number of aromatic nitrogens is 2. The molecule has 0 fully saturated rings. The van der Waals surface area contributed by atoms with Crippen molar-refractivity contribution in [2.45, 2.75) is 45.3 Å². The lowest BCUT2D eigenvalue weighted by Gasteiger charge is -2.12. The third kappa shape index (κ3) is 3.48. The largest absolute Gasteiger partial charge is 0.452 e. The fourth-order valence-electron chi connectivity index (χ4n) is 2.16. The lowest BCUT2D eigenvalue weighted by atomic mass is 10.1. The van der Waals surface area contributed by atoms with Gasteiger partial charge in [-0.3, -0.25) is 4.68 Å². The van der Waals surface area contributed by atoms with Gasteiger partial charge in [0.2, 0.25) is 0 Å². The van der Waals surface area contributed by atoms with Crippen molar-refractivity contribution < 1.29 is 9.52 Å². The van der Waals surface area contributed by atoms with E-state index in [1.165, 1.54) is 0 Å². The van der Waals surface area contributed by atoms with E-state index in [1.54, 1.807) is 12.1 Å². The lowest BCUT2D eigenvalue weighted by molar-refractivity contribution is 0.147. The van der Waals surface area contributed by atoms with E-state index in [4.69, 9.17) is 4.42 Å². The van der Waals surface area contributed by atoms with E-state index in [-0.39, 0.29) is 0 Å².